The lowest BCUT2D eigenvalue weighted by Gasteiger charge is -2.09. The van der Waals surface area contributed by atoms with E-state index in [9.17, 15) is 8.42 Å². The molecule has 2 heterocycles. The SMILES string of the molecule is Cc1ccc(S(=O)(=O)C2=NC[C@@H](c3cccs3)O2)cc1. The molecule has 0 N–H and O–H groups in total. The van der Waals surface area contributed by atoms with Crippen molar-refractivity contribution < 1.29 is 13.2 Å². The minimum absolute atomic E-state index is 0.181. The number of hydrogen-bond acceptors (Lipinski definition) is 5. The number of sulfone groups is 1. The van der Waals surface area contributed by atoms with Gasteiger partial charge in [0.25, 0.3) is 9.84 Å². The van der Waals surface area contributed by atoms with Gasteiger partial charge in [-0.3, -0.25) is 0 Å². The molecule has 20 heavy (non-hydrogen) atoms. The van der Waals surface area contributed by atoms with Gasteiger partial charge in [-0.05, 0) is 30.5 Å². The van der Waals surface area contributed by atoms with Crippen LogP contribution < -0.4 is 0 Å². The van der Waals surface area contributed by atoms with Crippen LogP contribution in [0.15, 0.2) is 51.7 Å². The Balaban J connectivity index is 1.85. The van der Waals surface area contributed by atoms with E-state index in [-0.39, 0.29) is 16.2 Å². The number of thiophene rings is 1. The van der Waals surface area contributed by atoms with E-state index < -0.39 is 9.84 Å². The maximum Gasteiger partial charge on any atom is 0.311 e. The van der Waals surface area contributed by atoms with E-state index in [0.29, 0.717) is 6.54 Å². The third-order valence-corrected chi connectivity index (χ3v) is 5.59. The van der Waals surface area contributed by atoms with Gasteiger partial charge < -0.3 is 4.74 Å². The van der Waals surface area contributed by atoms with Crippen LogP contribution in [0.5, 0.6) is 0 Å². The Morgan fingerprint density at radius 2 is 2.00 bits per heavy atom. The lowest BCUT2D eigenvalue weighted by molar-refractivity contribution is 0.238. The van der Waals surface area contributed by atoms with Gasteiger partial charge in [0.05, 0.1) is 11.4 Å². The van der Waals surface area contributed by atoms with E-state index in [1.165, 1.54) is 11.3 Å². The molecule has 2 aromatic rings. The van der Waals surface area contributed by atoms with Crippen molar-refractivity contribution in [1.29, 1.82) is 0 Å². The zero-order valence-corrected chi connectivity index (χ0v) is 12.4. The molecule has 4 nitrogen and oxygen atoms in total. The van der Waals surface area contributed by atoms with Crippen LogP contribution in [0.3, 0.4) is 0 Å². The summed E-state index contributed by atoms with van der Waals surface area (Å²) in [5.41, 5.74) is 1.01. The highest BCUT2D eigenvalue weighted by Crippen LogP contribution is 2.29. The Labute approximate surface area is 121 Å². The molecular formula is C14H13NO3S2. The van der Waals surface area contributed by atoms with Crippen molar-refractivity contribution in [1.82, 2.24) is 0 Å². The summed E-state index contributed by atoms with van der Waals surface area (Å²) in [5, 5.41) is 1.75. The topological polar surface area (TPSA) is 55.7 Å². The molecule has 0 bridgehead atoms. The van der Waals surface area contributed by atoms with E-state index in [1.54, 1.807) is 24.3 Å². The number of nitrogens with zero attached hydrogens (tertiary/aromatic N) is 1. The van der Waals surface area contributed by atoms with Crippen LogP contribution in [-0.4, -0.2) is 20.2 Å². The Hall–Kier alpha value is -1.66. The first-order valence-corrected chi connectivity index (χ1v) is 8.50. The van der Waals surface area contributed by atoms with Crippen LogP contribution in [0.4, 0.5) is 0 Å². The maximum absolute atomic E-state index is 12.4. The van der Waals surface area contributed by atoms with Crippen molar-refractivity contribution >= 4 is 26.4 Å². The van der Waals surface area contributed by atoms with Crippen LogP contribution in [0.2, 0.25) is 0 Å². The van der Waals surface area contributed by atoms with E-state index >= 15 is 0 Å². The summed E-state index contributed by atoms with van der Waals surface area (Å²) in [4.78, 5) is 5.26. The van der Waals surface area contributed by atoms with Gasteiger partial charge in [-0.25, -0.2) is 13.4 Å². The molecule has 0 amide bonds. The normalized spacial score (nSPS) is 18.6. The number of aliphatic imine (C=N–C) groups is 1. The molecular weight excluding hydrogens is 294 g/mol. The molecule has 0 spiro atoms. The standard InChI is InChI=1S/C14H13NO3S2/c1-10-4-6-11(7-5-10)20(16,17)14-15-9-12(18-14)13-3-2-8-19-13/h2-8,12H,9H2,1H3/t12-/m0/s1. The van der Waals surface area contributed by atoms with E-state index in [0.717, 1.165) is 10.4 Å². The third kappa shape index (κ3) is 2.36. The van der Waals surface area contributed by atoms with Gasteiger partial charge >= 0.3 is 5.23 Å². The van der Waals surface area contributed by atoms with Crippen LogP contribution in [0.1, 0.15) is 16.5 Å². The van der Waals surface area contributed by atoms with Gasteiger partial charge in [0, 0.05) is 4.88 Å². The lowest BCUT2D eigenvalue weighted by atomic mass is 10.2. The van der Waals surface area contributed by atoms with Gasteiger partial charge in [0.1, 0.15) is 0 Å². The lowest BCUT2D eigenvalue weighted by Crippen LogP contribution is -2.16. The first-order valence-electron chi connectivity index (χ1n) is 6.13. The fourth-order valence-electron chi connectivity index (χ4n) is 1.94. The van der Waals surface area contributed by atoms with Crippen molar-refractivity contribution in [3.05, 3.63) is 52.2 Å². The van der Waals surface area contributed by atoms with Crippen molar-refractivity contribution in [2.45, 2.75) is 17.9 Å². The highest BCUT2D eigenvalue weighted by Gasteiger charge is 2.32. The van der Waals surface area contributed by atoms with Crippen molar-refractivity contribution in [3.8, 4) is 0 Å². The summed E-state index contributed by atoms with van der Waals surface area (Å²) in [6.45, 7) is 2.26. The highest BCUT2D eigenvalue weighted by atomic mass is 32.2. The summed E-state index contributed by atoms with van der Waals surface area (Å²) < 4.78 is 30.3. The Bertz CT molecular complexity index is 731. The van der Waals surface area contributed by atoms with Gasteiger partial charge in [0.2, 0.25) is 0 Å². The van der Waals surface area contributed by atoms with Gasteiger partial charge in [0.15, 0.2) is 6.10 Å². The molecule has 0 fully saturated rings. The second-order valence-corrected chi connectivity index (χ2v) is 7.35. The molecule has 6 heteroatoms. The van der Waals surface area contributed by atoms with Crippen molar-refractivity contribution in [3.63, 3.8) is 0 Å². The maximum atomic E-state index is 12.4. The summed E-state index contributed by atoms with van der Waals surface area (Å²) in [7, 11) is -3.65. The highest BCUT2D eigenvalue weighted by molar-refractivity contribution is 8.06. The number of ether oxygens (including phenoxy) is 1. The smallest absolute Gasteiger partial charge is 0.311 e. The first-order chi connectivity index (χ1) is 9.57. The molecule has 0 radical (unpaired) electrons. The molecule has 1 aromatic carbocycles. The first kappa shape index (κ1) is 13.3. The van der Waals surface area contributed by atoms with Gasteiger partial charge in [-0.1, -0.05) is 23.8 Å². The average Bonchev–Trinajstić information content (AvgIpc) is 3.10. The predicted octanol–water partition coefficient (Wildman–Crippen LogP) is 2.96. The number of benzene rings is 1. The number of aryl methyl sites for hydroxylation is 1. The molecule has 1 atom stereocenters. The number of rotatable bonds is 2. The molecule has 1 aliphatic rings. The van der Waals surface area contributed by atoms with Crippen LogP contribution in [0, 0.1) is 6.92 Å². The molecule has 104 valence electrons. The average molecular weight is 307 g/mol. The van der Waals surface area contributed by atoms with Crippen molar-refractivity contribution in [2.75, 3.05) is 6.54 Å². The fraction of sp³-hybridized carbons (Fsp3) is 0.214. The molecule has 0 saturated carbocycles. The molecule has 0 saturated heterocycles. The Morgan fingerprint density at radius 3 is 2.65 bits per heavy atom. The summed E-state index contributed by atoms with van der Waals surface area (Å²) in [6.07, 6.45) is -0.287. The van der Waals surface area contributed by atoms with Gasteiger partial charge in [-0.2, -0.15) is 0 Å². The van der Waals surface area contributed by atoms with Crippen LogP contribution in [0.25, 0.3) is 0 Å². The number of hydrogen-bond donors (Lipinski definition) is 0. The zero-order valence-electron chi connectivity index (χ0n) is 10.8. The Morgan fingerprint density at radius 1 is 1.25 bits per heavy atom. The largest absolute Gasteiger partial charge is 0.458 e. The molecule has 0 unspecified atom stereocenters. The molecule has 1 aromatic heterocycles. The van der Waals surface area contributed by atoms with Crippen LogP contribution >= 0.6 is 11.3 Å². The minimum Gasteiger partial charge on any atom is -0.458 e. The monoisotopic (exact) mass is 307 g/mol. The second kappa shape index (κ2) is 5.03. The minimum atomic E-state index is -3.65. The summed E-state index contributed by atoms with van der Waals surface area (Å²) in [6, 6.07) is 10.5. The zero-order chi connectivity index (χ0) is 14.2. The molecule has 0 aliphatic carbocycles. The predicted molar refractivity (Wildman–Crippen MR) is 78.8 cm³/mol. The third-order valence-electron chi connectivity index (χ3n) is 3.05. The van der Waals surface area contributed by atoms with E-state index in [2.05, 4.69) is 4.99 Å². The second-order valence-electron chi connectivity index (χ2n) is 4.54. The van der Waals surface area contributed by atoms with Gasteiger partial charge in [-0.15, -0.1) is 11.3 Å². The quantitative estimate of drug-likeness (QED) is 0.857. The Kier molecular flexibility index (Phi) is 3.35. The van der Waals surface area contributed by atoms with Crippen LogP contribution in [-0.2, 0) is 14.6 Å². The fourth-order valence-corrected chi connectivity index (χ4v) is 3.87. The van der Waals surface area contributed by atoms with Crippen molar-refractivity contribution in [2.24, 2.45) is 4.99 Å². The summed E-state index contributed by atoms with van der Waals surface area (Å²) in [5.74, 6) is 0. The molecule has 1 aliphatic heterocycles. The van der Waals surface area contributed by atoms with E-state index in [1.807, 2.05) is 24.4 Å². The molecule has 3 rings (SSSR count). The summed E-state index contributed by atoms with van der Waals surface area (Å²) >= 11 is 1.54. The van der Waals surface area contributed by atoms with E-state index in [4.69, 9.17) is 4.74 Å².